The van der Waals surface area contributed by atoms with E-state index in [4.69, 9.17) is 9.88 Å². The second-order valence-electron chi connectivity index (χ2n) is 7.63. The molecular weight excluding hydrogens is 376 g/mol. The highest BCUT2D eigenvalue weighted by molar-refractivity contribution is 7.89. The summed E-state index contributed by atoms with van der Waals surface area (Å²) >= 11 is 0. The van der Waals surface area contributed by atoms with Crippen molar-refractivity contribution in [3.63, 3.8) is 0 Å². The molecule has 152 valence electrons. The molecule has 0 aliphatic rings. The van der Waals surface area contributed by atoms with Gasteiger partial charge in [-0.25, -0.2) is 13.6 Å². The van der Waals surface area contributed by atoms with Gasteiger partial charge in [-0.05, 0) is 62.1 Å². The number of benzene rings is 2. The molecule has 0 fully saturated rings. The molecule has 2 aromatic carbocycles. The highest BCUT2D eigenvalue weighted by Gasteiger charge is 2.27. The van der Waals surface area contributed by atoms with Crippen LogP contribution in [0.1, 0.15) is 37.8 Å². The summed E-state index contributed by atoms with van der Waals surface area (Å²) in [6, 6.07) is 12.0. The summed E-state index contributed by atoms with van der Waals surface area (Å²) in [5.41, 5.74) is 1.98. The number of nitrogens with two attached hydrogens (primary N) is 1. The van der Waals surface area contributed by atoms with E-state index in [1.165, 1.54) is 12.1 Å². The van der Waals surface area contributed by atoms with Crippen LogP contribution in [-0.4, -0.2) is 20.9 Å². The molecule has 28 heavy (non-hydrogen) atoms. The van der Waals surface area contributed by atoms with E-state index in [1.54, 1.807) is 12.1 Å². The molecule has 0 radical (unpaired) electrons. The van der Waals surface area contributed by atoms with Gasteiger partial charge in [0.15, 0.2) is 0 Å². The van der Waals surface area contributed by atoms with Gasteiger partial charge in [-0.1, -0.05) is 32.0 Å². The number of aryl methyl sites for hydroxylation is 2. The minimum Gasteiger partial charge on any atom is -0.493 e. The predicted molar refractivity (Wildman–Crippen MR) is 111 cm³/mol. The van der Waals surface area contributed by atoms with Gasteiger partial charge in [0, 0.05) is 11.1 Å². The van der Waals surface area contributed by atoms with Gasteiger partial charge in [-0.3, -0.25) is 4.79 Å². The van der Waals surface area contributed by atoms with Crippen molar-refractivity contribution in [2.24, 2.45) is 10.6 Å². The van der Waals surface area contributed by atoms with Gasteiger partial charge >= 0.3 is 0 Å². The maximum absolute atomic E-state index is 12.6. The van der Waals surface area contributed by atoms with Gasteiger partial charge < -0.3 is 10.1 Å². The number of carbonyl (C=O) groups excluding carboxylic acids is 1. The lowest BCUT2D eigenvalue weighted by Crippen LogP contribution is -2.31. The summed E-state index contributed by atoms with van der Waals surface area (Å²) in [6.07, 6.45) is 1.34. The van der Waals surface area contributed by atoms with Crippen LogP contribution in [0.4, 0.5) is 5.69 Å². The first-order chi connectivity index (χ1) is 13.0. The summed E-state index contributed by atoms with van der Waals surface area (Å²) < 4.78 is 28.8. The molecule has 1 amide bonds. The van der Waals surface area contributed by atoms with E-state index in [-0.39, 0.29) is 10.8 Å². The molecule has 0 saturated carbocycles. The van der Waals surface area contributed by atoms with Gasteiger partial charge in [-0.2, -0.15) is 0 Å². The van der Waals surface area contributed by atoms with E-state index in [0.717, 1.165) is 16.9 Å². The average molecular weight is 405 g/mol. The Hall–Kier alpha value is -2.38. The molecule has 0 heterocycles. The number of carbonyl (C=O) groups is 1. The van der Waals surface area contributed by atoms with Crippen LogP contribution in [0.25, 0.3) is 0 Å². The molecule has 3 N–H and O–H groups in total. The average Bonchev–Trinajstić information content (AvgIpc) is 2.61. The fraction of sp³-hybridized carbons (Fsp3) is 0.381. The molecule has 2 aromatic rings. The Morgan fingerprint density at radius 3 is 2.54 bits per heavy atom. The van der Waals surface area contributed by atoms with Crippen LogP contribution < -0.4 is 15.2 Å². The SMILES string of the molecule is Cc1ccc(C)c(OCCCC(C)(C)C(=O)Nc2cccc(S(N)(=O)=O)c2)c1. The van der Waals surface area contributed by atoms with Crippen molar-refractivity contribution in [1.82, 2.24) is 0 Å². The molecular formula is C21H28N2O4S. The zero-order valence-corrected chi connectivity index (χ0v) is 17.6. The molecule has 7 heteroatoms. The van der Waals surface area contributed by atoms with Gasteiger partial charge in [0.1, 0.15) is 5.75 Å². The van der Waals surface area contributed by atoms with Gasteiger partial charge in [0.2, 0.25) is 15.9 Å². The Morgan fingerprint density at radius 1 is 1.14 bits per heavy atom. The normalized spacial score (nSPS) is 11.9. The molecule has 0 aliphatic carbocycles. The van der Waals surface area contributed by atoms with Crippen molar-refractivity contribution in [3.05, 3.63) is 53.6 Å². The van der Waals surface area contributed by atoms with Gasteiger partial charge in [0.05, 0.1) is 11.5 Å². The number of primary sulfonamides is 1. The van der Waals surface area contributed by atoms with Crippen molar-refractivity contribution in [2.75, 3.05) is 11.9 Å². The van der Waals surface area contributed by atoms with E-state index >= 15 is 0 Å². The highest BCUT2D eigenvalue weighted by atomic mass is 32.2. The number of anilines is 1. The van der Waals surface area contributed by atoms with Crippen LogP contribution >= 0.6 is 0 Å². The maximum Gasteiger partial charge on any atom is 0.238 e. The Balaban J connectivity index is 1.91. The van der Waals surface area contributed by atoms with E-state index in [2.05, 4.69) is 5.32 Å². The van der Waals surface area contributed by atoms with Crippen LogP contribution in [-0.2, 0) is 14.8 Å². The second-order valence-corrected chi connectivity index (χ2v) is 9.19. The van der Waals surface area contributed by atoms with Gasteiger partial charge in [0.25, 0.3) is 0 Å². The lowest BCUT2D eigenvalue weighted by atomic mass is 9.87. The number of hydrogen-bond acceptors (Lipinski definition) is 4. The molecule has 0 aliphatic heterocycles. The zero-order valence-electron chi connectivity index (χ0n) is 16.8. The van der Waals surface area contributed by atoms with Crippen molar-refractivity contribution < 1.29 is 17.9 Å². The number of hydrogen-bond donors (Lipinski definition) is 2. The van der Waals surface area contributed by atoms with E-state index < -0.39 is 15.4 Å². The fourth-order valence-electron chi connectivity index (χ4n) is 2.72. The fourth-order valence-corrected chi connectivity index (χ4v) is 3.28. The molecule has 0 aromatic heterocycles. The topological polar surface area (TPSA) is 98.5 Å². The number of nitrogens with one attached hydrogen (secondary N) is 1. The first kappa shape index (κ1) is 21.9. The monoisotopic (exact) mass is 404 g/mol. The summed E-state index contributed by atoms with van der Waals surface area (Å²) in [5, 5.41) is 7.91. The number of rotatable bonds is 8. The van der Waals surface area contributed by atoms with Crippen LogP contribution in [0, 0.1) is 19.3 Å². The second kappa shape index (κ2) is 8.75. The smallest absolute Gasteiger partial charge is 0.238 e. The lowest BCUT2D eigenvalue weighted by Gasteiger charge is -2.24. The third kappa shape index (κ3) is 6.07. The summed E-state index contributed by atoms with van der Waals surface area (Å²) in [6.45, 7) is 8.24. The first-order valence-corrected chi connectivity index (χ1v) is 10.7. The summed E-state index contributed by atoms with van der Waals surface area (Å²) in [5.74, 6) is 0.674. The van der Waals surface area contributed by atoms with Crippen LogP contribution in [0.15, 0.2) is 47.4 Å². The summed E-state index contributed by atoms with van der Waals surface area (Å²) in [7, 11) is -3.82. The third-order valence-electron chi connectivity index (χ3n) is 4.58. The molecule has 0 unspecified atom stereocenters. The number of sulfonamides is 1. The zero-order chi connectivity index (χ0) is 20.9. The quantitative estimate of drug-likeness (QED) is 0.654. The summed E-state index contributed by atoms with van der Waals surface area (Å²) in [4.78, 5) is 12.6. The molecule has 0 bridgehead atoms. The lowest BCUT2D eigenvalue weighted by molar-refractivity contribution is -0.124. The van der Waals surface area contributed by atoms with E-state index in [9.17, 15) is 13.2 Å². The van der Waals surface area contributed by atoms with Crippen LogP contribution in [0.5, 0.6) is 5.75 Å². The van der Waals surface area contributed by atoms with Crippen molar-refractivity contribution in [3.8, 4) is 5.75 Å². The number of amides is 1. The Labute approximate surface area is 167 Å². The molecule has 0 saturated heterocycles. The highest BCUT2D eigenvalue weighted by Crippen LogP contribution is 2.26. The first-order valence-electron chi connectivity index (χ1n) is 9.13. The largest absolute Gasteiger partial charge is 0.493 e. The van der Waals surface area contributed by atoms with E-state index in [0.29, 0.717) is 25.1 Å². The standard InChI is InChI=1S/C21H28N2O4S/c1-15-9-10-16(2)19(13-15)27-12-6-11-21(3,4)20(24)23-17-7-5-8-18(14-17)28(22,25)26/h5,7-10,13-14H,6,11-12H2,1-4H3,(H,23,24)(H2,22,25,26). The van der Waals surface area contributed by atoms with Crippen LogP contribution in [0.3, 0.4) is 0 Å². The van der Waals surface area contributed by atoms with Crippen molar-refractivity contribution in [1.29, 1.82) is 0 Å². The number of ether oxygens (including phenoxy) is 1. The van der Waals surface area contributed by atoms with Crippen molar-refractivity contribution in [2.45, 2.75) is 45.4 Å². The Morgan fingerprint density at radius 2 is 1.86 bits per heavy atom. The third-order valence-corrected chi connectivity index (χ3v) is 5.49. The van der Waals surface area contributed by atoms with Crippen LogP contribution in [0.2, 0.25) is 0 Å². The minimum atomic E-state index is -3.82. The van der Waals surface area contributed by atoms with E-state index in [1.807, 2.05) is 45.9 Å². The molecule has 2 rings (SSSR count). The Bertz CT molecular complexity index is 953. The molecule has 6 nitrogen and oxygen atoms in total. The molecule has 0 spiro atoms. The molecule has 0 atom stereocenters. The predicted octanol–water partition coefficient (Wildman–Crippen LogP) is 3.77. The van der Waals surface area contributed by atoms with Crippen molar-refractivity contribution >= 4 is 21.6 Å². The Kier molecular flexibility index (Phi) is 6.85. The minimum absolute atomic E-state index is 0.0370. The maximum atomic E-state index is 12.6. The van der Waals surface area contributed by atoms with Gasteiger partial charge in [-0.15, -0.1) is 0 Å².